The monoisotopic (exact) mass is 246 g/mol. The minimum absolute atomic E-state index is 0.418. The third kappa shape index (κ3) is 3.13. The normalized spacial score (nSPS) is 14.4. The highest BCUT2D eigenvalue weighted by molar-refractivity contribution is 5.73. The van der Waals surface area contributed by atoms with Crippen LogP contribution in [0, 0.1) is 0 Å². The minimum atomic E-state index is -0.746. The van der Waals surface area contributed by atoms with Gasteiger partial charge in [-0.05, 0) is 25.5 Å². The second-order valence-corrected chi connectivity index (χ2v) is 4.72. The molecule has 1 atom stereocenters. The summed E-state index contributed by atoms with van der Waals surface area (Å²) in [6, 6.07) is 7.57. The standard InChI is InChI=1S/C13H18N4O/c1-3-8-13(2,18)9-14-12-15-10-6-4-5-7-11(10)16-17-12/h4-7,18H,3,8-9H2,1-2H3,(H,14,15,17). The van der Waals surface area contributed by atoms with E-state index < -0.39 is 5.60 Å². The van der Waals surface area contributed by atoms with E-state index in [1.807, 2.05) is 31.2 Å². The van der Waals surface area contributed by atoms with E-state index in [1.54, 1.807) is 6.92 Å². The lowest BCUT2D eigenvalue weighted by molar-refractivity contribution is 0.0635. The Kier molecular flexibility index (Phi) is 3.72. The Morgan fingerprint density at radius 1 is 1.22 bits per heavy atom. The number of benzene rings is 1. The summed E-state index contributed by atoms with van der Waals surface area (Å²) in [5.41, 5.74) is 0.817. The van der Waals surface area contributed by atoms with E-state index in [0.29, 0.717) is 12.5 Å². The van der Waals surface area contributed by atoms with E-state index in [0.717, 1.165) is 23.9 Å². The lowest BCUT2D eigenvalue weighted by Crippen LogP contribution is -2.33. The van der Waals surface area contributed by atoms with Crippen molar-refractivity contribution >= 4 is 17.0 Å². The fraction of sp³-hybridized carbons (Fsp3) is 0.462. The molecule has 0 amide bonds. The smallest absolute Gasteiger partial charge is 0.243 e. The quantitative estimate of drug-likeness (QED) is 0.844. The second kappa shape index (κ2) is 5.27. The van der Waals surface area contributed by atoms with Crippen LogP contribution in [0.5, 0.6) is 0 Å². The summed E-state index contributed by atoms with van der Waals surface area (Å²) in [4.78, 5) is 4.34. The van der Waals surface area contributed by atoms with Crippen LogP contribution in [0.15, 0.2) is 24.3 Å². The van der Waals surface area contributed by atoms with E-state index in [4.69, 9.17) is 0 Å². The van der Waals surface area contributed by atoms with Crippen LogP contribution in [0.4, 0.5) is 5.95 Å². The Morgan fingerprint density at radius 3 is 2.67 bits per heavy atom. The highest BCUT2D eigenvalue weighted by atomic mass is 16.3. The number of nitrogens with one attached hydrogen (secondary N) is 1. The number of rotatable bonds is 5. The molecule has 1 aromatic heterocycles. The molecule has 5 nitrogen and oxygen atoms in total. The molecule has 0 aliphatic rings. The topological polar surface area (TPSA) is 70.9 Å². The van der Waals surface area contributed by atoms with Gasteiger partial charge in [-0.1, -0.05) is 25.5 Å². The predicted molar refractivity (Wildman–Crippen MR) is 71.4 cm³/mol. The van der Waals surface area contributed by atoms with Gasteiger partial charge in [0.15, 0.2) is 0 Å². The van der Waals surface area contributed by atoms with Gasteiger partial charge in [0.1, 0.15) is 5.52 Å². The molecule has 0 saturated carbocycles. The van der Waals surface area contributed by atoms with Crippen LogP contribution >= 0.6 is 0 Å². The van der Waals surface area contributed by atoms with Gasteiger partial charge in [0.05, 0.1) is 11.1 Å². The molecule has 18 heavy (non-hydrogen) atoms. The molecule has 1 heterocycles. The third-order valence-corrected chi connectivity index (χ3v) is 2.78. The van der Waals surface area contributed by atoms with Crippen molar-refractivity contribution in [2.45, 2.75) is 32.3 Å². The largest absolute Gasteiger partial charge is 0.388 e. The van der Waals surface area contributed by atoms with Crippen molar-refractivity contribution in [3.05, 3.63) is 24.3 Å². The van der Waals surface area contributed by atoms with Gasteiger partial charge in [-0.25, -0.2) is 4.98 Å². The van der Waals surface area contributed by atoms with Crippen molar-refractivity contribution < 1.29 is 5.11 Å². The van der Waals surface area contributed by atoms with Gasteiger partial charge >= 0.3 is 0 Å². The number of aromatic nitrogens is 3. The lowest BCUT2D eigenvalue weighted by atomic mass is 10.0. The summed E-state index contributed by atoms with van der Waals surface area (Å²) in [6.07, 6.45) is 1.67. The third-order valence-electron chi connectivity index (χ3n) is 2.78. The molecule has 2 N–H and O–H groups in total. The highest BCUT2D eigenvalue weighted by Crippen LogP contribution is 2.13. The summed E-state index contributed by atoms with van der Waals surface area (Å²) in [5.74, 6) is 0.449. The molecule has 96 valence electrons. The fourth-order valence-electron chi connectivity index (χ4n) is 1.85. The Labute approximate surface area is 106 Å². The molecular weight excluding hydrogens is 228 g/mol. The zero-order valence-corrected chi connectivity index (χ0v) is 10.7. The summed E-state index contributed by atoms with van der Waals surface area (Å²) >= 11 is 0. The number of fused-ring (bicyclic) bond motifs is 1. The maximum Gasteiger partial charge on any atom is 0.243 e. The minimum Gasteiger partial charge on any atom is -0.388 e. The lowest BCUT2D eigenvalue weighted by Gasteiger charge is -2.22. The first-order valence-corrected chi connectivity index (χ1v) is 6.16. The van der Waals surface area contributed by atoms with Crippen molar-refractivity contribution in [3.63, 3.8) is 0 Å². The Hall–Kier alpha value is -1.75. The second-order valence-electron chi connectivity index (χ2n) is 4.72. The van der Waals surface area contributed by atoms with Crippen molar-refractivity contribution in [1.82, 2.24) is 15.2 Å². The average Bonchev–Trinajstić information content (AvgIpc) is 2.36. The van der Waals surface area contributed by atoms with E-state index in [2.05, 4.69) is 20.5 Å². The van der Waals surface area contributed by atoms with E-state index >= 15 is 0 Å². The first-order chi connectivity index (χ1) is 8.61. The van der Waals surface area contributed by atoms with Gasteiger partial charge in [0.2, 0.25) is 5.95 Å². The first-order valence-electron chi connectivity index (χ1n) is 6.16. The van der Waals surface area contributed by atoms with Crippen LogP contribution in [0.2, 0.25) is 0 Å². The van der Waals surface area contributed by atoms with Crippen molar-refractivity contribution in [2.75, 3.05) is 11.9 Å². The van der Waals surface area contributed by atoms with E-state index in [1.165, 1.54) is 0 Å². The molecule has 0 aliphatic carbocycles. The number of anilines is 1. The van der Waals surface area contributed by atoms with Crippen molar-refractivity contribution in [2.24, 2.45) is 0 Å². The Bertz CT molecular complexity index is 527. The van der Waals surface area contributed by atoms with Crippen molar-refractivity contribution in [3.8, 4) is 0 Å². The van der Waals surface area contributed by atoms with Crippen molar-refractivity contribution in [1.29, 1.82) is 0 Å². The first kappa shape index (κ1) is 12.7. The van der Waals surface area contributed by atoms with Gasteiger partial charge < -0.3 is 10.4 Å². The number of nitrogens with zero attached hydrogens (tertiary/aromatic N) is 3. The van der Waals surface area contributed by atoms with Crippen LogP contribution in [0.1, 0.15) is 26.7 Å². The molecule has 1 aromatic carbocycles. The van der Waals surface area contributed by atoms with Crippen LogP contribution in [0.3, 0.4) is 0 Å². The SMILES string of the molecule is CCCC(C)(O)CNc1nnc2ccccc2n1. The fourth-order valence-corrected chi connectivity index (χ4v) is 1.85. The number of hydrogen-bond acceptors (Lipinski definition) is 5. The Balaban J connectivity index is 2.08. The highest BCUT2D eigenvalue weighted by Gasteiger charge is 2.19. The molecular formula is C13H18N4O. The molecule has 2 rings (SSSR count). The Morgan fingerprint density at radius 2 is 1.94 bits per heavy atom. The summed E-state index contributed by atoms with van der Waals surface area (Å²) in [5, 5.41) is 21.1. The molecule has 0 radical (unpaired) electrons. The van der Waals surface area contributed by atoms with Gasteiger partial charge in [-0.3, -0.25) is 0 Å². The van der Waals surface area contributed by atoms with Crippen LogP contribution < -0.4 is 5.32 Å². The molecule has 0 aliphatic heterocycles. The molecule has 1 unspecified atom stereocenters. The molecule has 2 aromatic rings. The molecule has 0 spiro atoms. The average molecular weight is 246 g/mol. The molecule has 0 fully saturated rings. The predicted octanol–water partition coefficient (Wildman–Crippen LogP) is 1.99. The maximum absolute atomic E-state index is 10.1. The van der Waals surface area contributed by atoms with Gasteiger partial charge in [-0.2, -0.15) is 0 Å². The zero-order chi connectivity index (χ0) is 13.0. The number of aliphatic hydroxyl groups is 1. The molecule has 0 saturated heterocycles. The van der Waals surface area contributed by atoms with Gasteiger partial charge in [-0.15, -0.1) is 10.2 Å². The maximum atomic E-state index is 10.1. The van der Waals surface area contributed by atoms with Crippen LogP contribution in [-0.4, -0.2) is 32.4 Å². The van der Waals surface area contributed by atoms with Crippen LogP contribution in [0.25, 0.3) is 11.0 Å². The number of hydrogen-bond donors (Lipinski definition) is 2. The summed E-state index contributed by atoms with van der Waals surface area (Å²) in [6.45, 7) is 4.27. The van der Waals surface area contributed by atoms with E-state index in [-0.39, 0.29) is 0 Å². The number of para-hydroxylation sites is 1. The molecule has 5 heteroatoms. The van der Waals surface area contributed by atoms with Crippen LogP contribution in [-0.2, 0) is 0 Å². The van der Waals surface area contributed by atoms with E-state index in [9.17, 15) is 5.11 Å². The van der Waals surface area contributed by atoms with Gasteiger partial charge in [0.25, 0.3) is 0 Å². The summed E-state index contributed by atoms with van der Waals surface area (Å²) < 4.78 is 0. The molecule has 0 bridgehead atoms. The zero-order valence-electron chi connectivity index (χ0n) is 10.7. The summed E-state index contributed by atoms with van der Waals surface area (Å²) in [7, 11) is 0. The van der Waals surface area contributed by atoms with Gasteiger partial charge in [0, 0.05) is 6.54 Å².